The molecule has 0 heterocycles. The van der Waals surface area contributed by atoms with E-state index in [9.17, 15) is 0 Å². The fraction of sp³-hybridized carbons (Fsp3) is 0.400. The van der Waals surface area contributed by atoms with Gasteiger partial charge in [0.2, 0.25) is 0 Å². The van der Waals surface area contributed by atoms with Crippen LogP contribution in [0.2, 0.25) is 0 Å². The van der Waals surface area contributed by atoms with E-state index in [1.54, 1.807) is 0 Å². The van der Waals surface area contributed by atoms with Crippen LogP contribution in [0.1, 0.15) is 13.3 Å². The van der Waals surface area contributed by atoms with Crippen molar-refractivity contribution in [2.75, 3.05) is 0 Å². The van der Waals surface area contributed by atoms with Crippen LogP contribution in [0.5, 0.6) is 0 Å². The monoisotopic (exact) mass is 167 g/mol. The molecule has 0 aromatic rings. The van der Waals surface area contributed by atoms with Gasteiger partial charge in [-0.3, -0.25) is 0 Å². The molecule has 0 amide bonds. The summed E-state index contributed by atoms with van der Waals surface area (Å²) >= 11 is 0. The van der Waals surface area contributed by atoms with Crippen LogP contribution in [0, 0.1) is 6.58 Å². The van der Waals surface area contributed by atoms with E-state index < -0.39 is 0 Å². The SMILES string of the molecule is [B]=C(C)CC=[CH-].[Y]. The standard InChI is InChI=1S/C5H7B.Y/c1-3-4-5(2)6;/h1,3H,4H2,2H3;/q-1;. The number of rotatable bonds is 2. The first-order valence-corrected chi connectivity index (χ1v) is 1.88. The van der Waals surface area contributed by atoms with E-state index in [0.29, 0.717) is 0 Å². The minimum absolute atomic E-state index is 0. The van der Waals surface area contributed by atoms with Crippen molar-refractivity contribution in [2.24, 2.45) is 0 Å². The van der Waals surface area contributed by atoms with Crippen molar-refractivity contribution in [1.29, 1.82) is 0 Å². The second kappa shape index (κ2) is 6.78. The molecule has 34 valence electrons. The zero-order valence-corrected chi connectivity index (χ0v) is 7.35. The van der Waals surface area contributed by atoms with E-state index in [0.717, 1.165) is 11.9 Å². The van der Waals surface area contributed by atoms with Gasteiger partial charge in [-0.1, -0.05) is 0 Å². The molecule has 0 saturated heterocycles. The molecular weight excluding hydrogens is 160 g/mol. The Balaban J connectivity index is 0. The molecule has 0 N–H and O–H groups in total. The van der Waals surface area contributed by atoms with Crippen LogP contribution in [-0.2, 0) is 32.7 Å². The zero-order chi connectivity index (χ0) is 4.99. The van der Waals surface area contributed by atoms with Crippen LogP contribution in [0.4, 0.5) is 0 Å². The molecule has 0 fully saturated rings. The Morgan fingerprint density at radius 3 is 2.29 bits per heavy atom. The number of hydrogen-bond acceptors (Lipinski definition) is 0. The number of hydrogen-bond donors (Lipinski definition) is 0. The Morgan fingerprint density at radius 2 is 2.29 bits per heavy atom. The Bertz CT molecular complexity index is 68.5. The quantitative estimate of drug-likeness (QED) is 0.419. The third-order valence-corrected chi connectivity index (χ3v) is 0.440. The zero-order valence-electron chi connectivity index (χ0n) is 4.52. The molecule has 0 spiro atoms. The van der Waals surface area contributed by atoms with Crippen molar-refractivity contribution >= 4 is 13.0 Å². The van der Waals surface area contributed by atoms with Crippen LogP contribution in [0.15, 0.2) is 6.08 Å². The summed E-state index contributed by atoms with van der Waals surface area (Å²) in [5.74, 6) is 0. The Morgan fingerprint density at radius 1 is 1.86 bits per heavy atom. The summed E-state index contributed by atoms with van der Waals surface area (Å²) in [6.45, 7) is 6.84. The molecule has 0 nitrogen and oxygen atoms in total. The largest absolute Gasteiger partial charge is 0 e. The van der Waals surface area contributed by atoms with Gasteiger partial charge in [0.25, 0.3) is 0 Å². The average molecular weight is 167 g/mol. The van der Waals surface area contributed by atoms with Crippen molar-refractivity contribution in [2.45, 2.75) is 13.3 Å². The topological polar surface area (TPSA) is 0 Å². The van der Waals surface area contributed by atoms with Gasteiger partial charge in [-0.2, -0.15) is 0 Å². The van der Waals surface area contributed by atoms with Crippen LogP contribution < -0.4 is 0 Å². The van der Waals surface area contributed by atoms with Gasteiger partial charge < -0.3 is 0 Å². The third-order valence-electron chi connectivity index (χ3n) is 0.440. The normalized spacial score (nSPS) is 6.29. The number of allylic oxidation sites excluding steroid dienone is 1. The smallest absolute Gasteiger partial charge is 0 e. The summed E-state index contributed by atoms with van der Waals surface area (Å²) < 4.78 is 0. The molecule has 0 atom stereocenters. The van der Waals surface area contributed by atoms with Crippen molar-refractivity contribution in [3.05, 3.63) is 12.7 Å². The molecule has 0 aromatic carbocycles. The fourth-order valence-electron chi connectivity index (χ4n) is 0.186. The minimum Gasteiger partial charge on any atom is 0 e. The maximum Gasteiger partial charge on any atom is 0 e. The minimum atomic E-state index is 0. The van der Waals surface area contributed by atoms with Crippen LogP contribution in [-0.4, -0.2) is 13.0 Å². The first-order chi connectivity index (χ1) is 2.77. The molecule has 0 rings (SSSR count). The molecule has 7 heavy (non-hydrogen) atoms. The average Bonchev–Trinajstić information content (AvgIpc) is 1.35. The first kappa shape index (κ1) is 10.7. The van der Waals surface area contributed by atoms with Crippen LogP contribution in [0.25, 0.3) is 0 Å². The Labute approximate surface area is 71.3 Å². The molecule has 0 aromatic heterocycles. The Hall–Kier alpha value is 0.779. The summed E-state index contributed by atoms with van der Waals surface area (Å²) in [5.41, 5.74) is 0.859. The Kier molecular flexibility index (Phi) is 10.4. The maximum absolute atomic E-state index is 5.21. The van der Waals surface area contributed by atoms with Crippen molar-refractivity contribution in [3.63, 3.8) is 0 Å². The molecular formula is C5H7BY-. The molecule has 0 aliphatic heterocycles. The summed E-state index contributed by atoms with van der Waals surface area (Å²) in [6.07, 6.45) is 2.26. The van der Waals surface area contributed by atoms with Gasteiger partial charge in [0.15, 0.2) is 0 Å². The van der Waals surface area contributed by atoms with Gasteiger partial charge in [0.1, 0.15) is 0 Å². The van der Waals surface area contributed by atoms with Crippen molar-refractivity contribution < 1.29 is 32.7 Å². The predicted molar refractivity (Wildman–Crippen MR) is 29.9 cm³/mol. The molecule has 0 saturated carbocycles. The van der Waals surface area contributed by atoms with Gasteiger partial charge in [-0.15, -0.1) is 0 Å². The van der Waals surface area contributed by atoms with Crippen LogP contribution >= 0.6 is 0 Å². The molecule has 0 aliphatic rings. The third kappa shape index (κ3) is 10.8. The van der Waals surface area contributed by atoms with Gasteiger partial charge >= 0.3 is 39.0 Å². The first-order valence-electron chi connectivity index (χ1n) is 1.88. The van der Waals surface area contributed by atoms with Gasteiger partial charge in [0.05, 0.1) is 0 Å². The van der Waals surface area contributed by atoms with E-state index in [2.05, 4.69) is 0 Å². The van der Waals surface area contributed by atoms with E-state index in [4.69, 9.17) is 14.1 Å². The maximum atomic E-state index is 5.21. The summed E-state index contributed by atoms with van der Waals surface area (Å²) in [5, 5.41) is 0. The second-order valence-electron chi connectivity index (χ2n) is 1.29. The molecule has 0 aliphatic carbocycles. The fourth-order valence-corrected chi connectivity index (χ4v) is 0.186. The van der Waals surface area contributed by atoms with Gasteiger partial charge in [-0.25, -0.2) is 0 Å². The van der Waals surface area contributed by atoms with Gasteiger partial charge in [0, 0.05) is 32.7 Å². The predicted octanol–water partition coefficient (Wildman–Crippen LogP) is 0.724. The molecule has 0 unspecified atom stereocenters. The summed E-state index contributed by atoms with van der Waals surface area (Å²) in [4.78, 5) is 0. The summed E-state index contributed by atoms with van der Waals surface area (Å²) in [6, 6.07) is 0. The summed E-state index contributed by atoms with van der Waals surface area (Å²) in [7, 11) is 5.21. The second-order valence-corrected chi connectivity index (χ2v) is 1.29. The van der Waals surface area contributed by atoms with Crippen molar-refractivity contribution in [1.82, 2.24) is 0 Å². The van der Waals surface area contributed by atoms with Crippen molar-refractivity contribution in [3.8, 4) is 0 Å². The van der Waals surface area contributed by atoms with E-state index >= 15 is 0 Å². The van der Waals surface area contributed by atoms with E-state index in [1.807, 2.05) is 6.92 Å². The molecule has 2 radical (unpaired) electrons. The molecule has 2 heteroatoms. The van der Waals surface area contributed by atoms with Gasteiger partial charge in [-0.05, 0) is 0 Å². The van der Waals surface area contributed by atoms with E-state index in [1.165, 1.54) is 6.08 Å². The molecule has 0 bridgehead atoms. The van der Waals surface area contributed by atoms with E-state index in [-0.39, 0.29) is 32.7 Å². The van der Waals surface area contributed by atoms with Crippen LogP contribution in [0.3, 0.4) is 0 Å².